The van der Waals surface area contributed by atoms with Crippen LogP contribution < -0.4 is 4.74 Å². The molecule has 0 N–H and O–H groups in total. The van der Waals surface area contributed by atoms with Crippen LogP contribution in [0.2, 0.25) is 0 Å². The fraction of sp³-hybridized carbons (Fsp3) is 0.462. The lowest BCUT2D eigenvalue weighted by Crippen LogP contribution is -2.23. The minimum Gasteiger partial charge on any atom is -0.494 e. The molecule has 0 spiro atoms. The first-order valence-corrected chi connectivity index (χ1v) is 7.67. The first kappa shape index (κ1) is 13.8. The molecule has 1 fully saturated rings. The summed E-state index contributed by atoms with van der Waals surface area (Å²) in [7, 11) is -1.83. The Bertz CT molecular complexity index is 636. The van der Waals surface area contributed by atoms with E-state index in [-0.39, 0.29) is 30.1 Å². The summed E-state index contributed by atoms with van der Waals surface area (Å²) < 4.78 is 42.0. The van der Waals surface area contributed by atoms with Gasteiger partial charge in [-0.1, -0.05) is 12.1 Å². The molecule has 1 unspecified atom stereocenters. The summed E-state index contributed by atoms with van der Waals surface area (Å²) in [6, 6.07) is 6.74. The Kier molecular flexibility index (Phi) is 3.50. The minimum absolute atomic E-state index is 0.00779. The van der Waals surface area contributed by atoms with Crippen LogP contribution in [0.15, 0.2) is 18.2 Å². The van der Waals surface area contributed by atoms with Crippen molar-refractivity contribution < 1.29 is 17.5 Å². The SMILES string of the molecule is COc1cccc(CC2(C#N)CCS(=O)(=O)C2)c1F. The van der Waals surface area contributed by atoms with Gasteiger partial charge in [0.25, 0.3) is 0 Å². The summed E-state index contributed by atoms with van der Waals surface area (Å²) in [5.41, 5.74) is -0.704. The van der Waals surface area contributed by atoms with Crippen LogP contribution in [-0.4, -0.2) is 27.0 Å². The van der Waals surface area contributed by atoms with Crippen LogP contribution in [0.3, 0.4) is 0 Å². The second kappa shape index (κ2) is 4.82. The molecule has 102 valence electrons. The minimum atomic E-state index is -3.19. The third-order valence-corrected chi connectivity index (χ3v) is 5.24. The zero-order valence-electron chi connectivity index (χ0n) is 10.5. The van der Waals surface area contributed by atoms with Gasteiger partial charge in [0.1, 0.15) is 0 Å². The molecule has 1 aromatic carbocycles. The van der Waals surface area contributed by atoms with Crippen LogP contribution in [0.25, 0.3) is 0 Å². The van der Waals surface area contributed by atoms with Crippen LogP contribution in [-0.2, 0) is 16.3 Å². The number of nitriles is 1. The molecule has 0 radical (unpaired) electrons. The molecule has 4 nitrogen and oxygen atoms in total. The highest BCUT2D eigenvalue weighted by atomic mass is 32.2. The van der Waals surface area contributed by atoms with Crippen LogP contribution in [0, 0.1) is 22.6 Å². The molecular formula is C13H14FNO3S. The third-order valence-electron chi connectivity index (χ3n) is 3.42. The fourth-order valence-electron chi connectivity index (χ4n) is 2.40. The summed E-state index contributed by atoms with van der Waals surface area (Å²) in [4.78, 5) is 0. The van der Waals surface area contributed by atoms with E-state index in [1.165, 1.54) is 13.2 Å². The Morgan fingerprint density at radius 1 is 1.53 bits per heavy atom. The molecule has 0 saturated carbocycles. The van der Waals surface area contributed by atoms with Gasteiger partial charge < -0.3 is 4.74 Å². The predicted molar refractivity (Wildman–Crippen MR) is 68.0 cm³/mol. The number of hydrogen-bond donors (Lipinski definition) is 0. The molecule has 0 bridgehead atoms. The second-order valence-corrected chi connectivity index (χ2v) is 7.03. The summed E-state index contributed by atoms with van der Waals surface area (Å²) in [5, 5.41) is 9.26. The second-order valence-electron chi connectivity index (χ2n) is 4.84. The van der Waals surface area contributed by atoms with Crippen LogP contribution >= 0.6 is 0 Å². The molecule has 0 amide bonds. The lowest BCUT2D eigenvalue weighted by Gasteiger charge is -2.19. The summed E-state index contributed by atoms with van der Waals surface area (Å²) in [5.74, 6) is -0.630. The molecular weight excluding hydrogens is 269 g/mol. The maximum atomic E-state index is 14.0. The number of methoxy groups -OCH3 is 1. The molecule has 0 aromatic heterocycles. The molecule has 1 heterocycles. The maximum absolute atomic E-state index is 14.0. The van der Waals surface area contributed by atoms with Gasteiger partial charge >= 0.3 is 0 Å². The van der Waals surface area contributed by atoms with Crippen LogP contribution in [0.5, 0.6) is 5.75 Å². The smallest absolute Gasteiger partial charge is 0.168 e. The summed E-state index contributed by atoms with van der Waals surface area (Å²) >= 11 is 0. The van der Waals surface area contributed by atoms with E-state index in [1.807, 2.05) is 0 Å². The molecule has 1 aliphatic heterocycles. The maximum Gasteiger partial charge on any atom is 0.168 e. The highest BCUT2D eigenvalue weighted by Gasteiger charge is 2.43. The fourth-order valence-corrected chi connectivity index (χ4v) is 4.40. The van der Waals surface area contributed by atoms with Gasteiger partial charge in [0.2, 0.25) is 0 Å². The topological polar surface area (TPSA) is 67.2 Å². The zero-order chi connectivity index (χ0) is 14.1. The molecule has 19 heavy (non-hydrogen) atoms. The molecule has 1 aromatic rings. The number of halogens is 1. The van der Waals surface area contributed by atoms with E-state index in [1.54, 1.807) is 12.1 Å². The average Bonchev–Trinajstić information content (AvgIpc) is 2.68. The quantitative estimate of drug-likeness (QED) is 0.847. The number of nitrogens with zero attached hydrogens (tertiary/aromatic N) is 1. The normalized spacial score (nSPS) is 24.9. The molecule has 1 saturated heterocycles. The van der Waals surface area contributed by atoms with Crippen molar-refractivity contribution in [3.63, 3.8) is 0 Å². The van der Waals surface area contributed by atoms with Crippen molar-refractivity contribution in [1.29, 1.82) is 5.26 Å². The lowest BCUT2D eigenvalue weighted by molar-refractivity contribution is 0.377. The van der Waals surface area contributed by atoms with Crippen molar-refractivity contribution in [2.24, 2.45) is 5.41 Å². The van der Waals surface area contributed by atoms with E-state index < -0.39 is 21.1 Å². The van der Waals surface area contributed by atoms with E-state index in [2.05, 4.69) is 6.07 Å². The van der Waals surface area contributed by atoms with Crippen molar-refractivity contribution in [1.82, 2.24) is 0 Å². The van der Waals surface area contributed by atoms with Gasteiger partial charge in [-0.15, -0.1) is 0 Å². The van der Waals surface area contributed by atoms with Gasteiger partial charge in [-0.05, 0) is 24.5 Å². The third kappa shape index (κ3) is 2.71. The molecule has 2 rings (SSSR count). The van der Waals surface area contributed by atoms with Crippen molar-refractivity contribution in [2.75, 3.05) is 18.6 Å². The van der Waals surface area contributed by atoms with Crippen LogP contribution in [0.4, 0.5) is 4.39 Å². The Morgan fingerprint density at radius 2 is 2.26 bits per heavy atom. The van der Waals surface area contributed by atoms with Crippen LogP contribution in [0.1, 0.15) is 12.0 Å². The summed E-state index contributed by atoms with van der Waals surface area (Å²) in [6.45, 7) is 0. The highest BCUT2D eigenvalue weighted by molar-refractivity contribution is 7.91. The van der Waals surface area contributed by atoms with Crippen molar-refractivity contribution in [3.05, 3.63) is 29.6 Å². The van der Waals surface area contributed by atoms with Gasteiger partial charge in [-0.3, -0.25) is 0 Å². The zero-order valence-corrected chi connectivity index (χ0v) is 11.3. The first-order valence-electron chi connectivity index (χ1n) is 5.84. The standard InChI is InChI=1S/C13H14FNO3S/c1-18-11-4-2-3-10(12(11)14)7-13(8-15)5-6-19(16,17)9-13/h2-4H,5-7,9H2,1H3. The van der Waals surface area contributed by atoms with Crippen molar-refractivity contribution in [2.45, 2.75) is 12.8 Å². The van der Waals surface area contributed by atoms with E-state index in [4.69, 9.17) is 4.74 Å². The van der Waals surface area contributed by atoms with Gasteiger partial charge in [-0.2, -0.15) is 5.26 Å². The molecule has 0 aliphatic carbocycles. The van der Waals surface area contributed by atoms with Crippen molar-refractivity contribution in [3.8, 4) is 11.8 Å². The number of rotatable bonds is 3. The van der Waals surface area contributed by atoms with E-state index >= 15 is 0 Å². The largest absolute Gasteiger partial charge is 0.494 e. The Balaban J connectivity index is 2.33. The predicted octanol–water partition coefficient (Wildman–Crippen LogP) is 1.71. The molecule has 6 heteroatoms. The number of hydrogen-bond acceptors (Lipinski definition) is 4. The van der Waals surface area contributed by atoms with Gasteiger partial charge in [0.15, 0.2) is 21.4 Å². The Hall–Kier alpha value is -1.61. The number of benzene rings is 1. The van der Waals surface area contributed by atoms with E-state index in [0.717, 1.165) is 0 Å². The summed E-state index contributed by atoms with van der Waals surface area (Å²) in [6.07, 6.45) is 0.342. The number of sulfone groups is 1. The number of ether oxygens (including phenoxy) is 1. The van der Waals surface area contributed by atoms with E-state index in [0.29, 0.717) is 5.56 Å². The Labute approximate surface area is 111 Å². The van der Waals surface area contributed by atoms with Gasteiger partial charge in [-0.25, -0.2) is 12.8 Å². The Morgan fingerprint density at radius 3 is 2.79 bits per heavy atom. The van der Waals surface area contributed by atoms with E-state index in [9.17, 15) is 18.1 Å². The van der Waals surface area contributed by atoms with Crippen molar-refractivity contribution >= 4 is 9.84 Å². The highest BCUT2D eigenvalue weighted by Crippen LogP contribution is 2.36. The average molecular weight is 283 g/mol. The van der Waals surface area contributed by atoms with Gasteiger partial charge in [0.05, 0.1) is 30.1 Å². The van der Waals surface area contributed by atoms with Gasteiger partial charge in [0, 0.05) is 0 Å². The molecule has 1 atom stereocenters. The lowest BCUT2D eigenvalue weighted by atomic mass is 9.82. The molecule has 1 aliphatic rings. The monoisotopic (exact) mass is 283 g/mol. The first-order chi connectivity index (χ1) is 8.91.